The average Bonchev–Trinajstić information content (AvgIpc) is 3.25. The van der Waals surface area contributed by atoms with Crippen molar-refractivity contribution in [2.75, 3.05) is 18.1 Å². The first kappa shape index (κ1) is 14.1. The Kier molecular flexibility index (Phi) is 3.64. The van der Waals surface area contributed by atoms with Crippen molar-refractivity contribution < 1.29 is 4.74 Å². The summed E-state index contributed by atoms with van der Waals surface area (Å²) >= 11 is 0. The molecule has 0 aliphatic carbocycles. The number of para-hydroxylation sites is 2. The molecule has 1 atom stereocenters. The maximum Gasteiger partial charge on any atom is 0.158 e. The van der Waals surface area contributed by atoms with E-state index in [0.29, 0.717) is 0 Å². The van der Waals surface area contributed by atoms with Gasteiger partial charge in [0.15, 0.2) is 6.23 Å². The van der Waals surface area contributed by atoms with E-state index in [1.165, 1.54) is 22.5 Å². The monoisotopic (exact) mass is 304 g/mol. The summed E-state index contributed by atoms with van der Waals surface area (Å²) in [5, 5.41) is 0. The van der Waals surface area contributed by atoms with Crippen LogP contribution in [0.1, 0.15) is 17.4 Å². The molecule has 1 saturated heterocycles. The second-order valence-electron chi connectivity index (χ2n) is 5.89. The van der Waals surface area contributed by atoms with Crippen LogP contribution in [0.5, 0.6) is 0 Å². The first-order chi connectivity index (χ1) is 11.3. The standard InChI is InChI=1S/C20H20N2O/c1-16-7-5-6-10-19(16)21-12-11-17(15-21)20-22(13-14-23-20)18-8-3-2-4-9-18/h2-12,15,20H,13-14H2,1H3. The van der Waals surface area contributed by atoms with Crippen molar-refractivity contribution in [3.63, 3.8) is 0 Å². The molecule has 0 spiro atoms. The number of aromatic nitrogens is 1. The highest BCUT2D eigenvalue weighted by Gasteiger charge is 2.27. The third-order valence-corrected chi connectivity index (χ3v) is 4.37. The van der Waals surface area contributed by atoms with Crippen LogP contribution in [-0.2, 0) is 4.74 Å². The van der Waals surface area contributed by atoms with Crippen LogP contribution in [0.4, 0.5) is 5.69 Å². The normalized spacial score (nSPS) is 17.6. The number of hydrogen-bond acceptors (Lipinski definition) is 2. The molecule has 3 aromatic rings. The SMILES string of the molecule is Cc1ccccc1-n1ccc(C2OCCN2c2ccccc2)c1. The number of rotatable bonds is 3. The third kappa shape index (κ3) is 2.64. The van der Waals surface area contributed by atoms with Crippen LogP contribution in [0, 0.1) is 6.92 Å². The van der Waals surface area contributed by atoms with E-state index in [9.17, 15) is 0 Å². The smallest absolute Gasteiger partial charge is 0.158 e. The lowest BCUT2D eigenvalue weighted by atomic mass is 10.2. The van der Waals surface area contributed by atoms with E-state index in [0.717, 1.165) is 13.2 Å². The second kappa shape index (κ2) is 5.94. The van der Waals surface area contributed by atoms with Gasteiger partial charge >= 0.3 is 0 Å². The highest BCUT2D eigenvalue weighted by Crippen LogP contribution is 2.32. The van der Waals surface area contributed by atoms with Gasteiger partial charge in [0, 0.05) is 35.9 Å². The second-order valence-corrected chi connectivity index (χ2v) is 5.89. The molecule has 2 aromatic carbocycles. The van der Waals surface area contributed by atoms with Gasteiger partial charge in [-0.05, 0) is 36.8 Å². The molecule has 1 unspecified atom stereocenters. The zero-order valence-corrected chi connectivity index (χ0v) is 13.2. The largest absolute Gasteiger partial charge is 0.352 e. The molecule has 116 valence electrons. The van der Waals surface area contributed by atoms with E-state index in [1.54, 1.807) is 0 Å². The summed E-state index contributed by atoms with van der Waals surface area (Å²) in [4.78, 5) is 2.32. The molecule has 2 heterocycles. The fourth-order valence-electron chi connectivity index (χ4n) is 3.19. The highest BCUT2D eigenvalue weighted by atomic mass is 16.5. The lowest BCUT2D eigenvalue weighted by Gasteiger charge is -2.24. The maximum atomic E-state index is 6.00. The van der Waals surface area contributed by atoms with Gasteiger partial charge in [-0.15, -0.1) is 0 Å². The minimum Gasteiger partial charge on any atom is -0.352 e. The Morgan fingerprint density at radius 1 is 0.957 bits per heavy atom. The van der Waals surface area contributed by atoms with Crippen LogP contribution in [0.3, 0.4) is 0 Å². The third-order valence-electron chi connectivity index (χ3n) is 4.37. The summed E-state index contributed by atoms with van der Waals surface area (Å²) in [6.45, 7) is 3.82. The zero-order chi connectivity index (χ0) is 15.6. The van der Waals surface area contributed by atoms with Gasteiger partial charge in [-0.25, -0.2) is 0 Å². The lowest BCUT2D eigenvalue weighted by molar-refractivity contribution is 0.114. The van der Waals surface area contributed by atoms with Crippen molar-refractivity contribution in [2.24, 2.45) is 0 Å². The Hall–Kier alpha value is -2.52. The Balaban J connectivity index is 1.65. The molecule has 0 N–H and O–H groups in total. The van der Waals surface area contributed by atoms with Gasteiger partial charge in [0.2, 0.25) is 0 Å². The van der Waals surface area contributed by atoms with Crippen molar-refractivity contribution in [3.8, 4) is 5.69 Å². The quantitative estimate of drug-likeness (QED) is 0.717. The van der Waals surface area contributed by atoms with E-state index in [-0.39, 0.29) is 6.23 Å². The summed E-state index contributed by atoms with van der Waals surface area (Å²) in [6, 6.07) is 21.0. The van der Waals surface area contributed by atoms with Crippen molar-refractivity contribution in [1.82, 2.24) is 4.57 Å². The molecule has 0 saturated carbocycles. The number of hydrogen-bond donors (Lipinski definition) is 0. The van der Waals surface area contributed by atoms with Gasteiger partial charge in [-0.2, -0.15) is 0 Å². The van der Waals surface area contributed by atoms with Gasteiger partial charge in [-0.3, -0.25) is 0 Å². The average molecular weight is 304 g/mol. The minimum absolute atomic E-state index is 0.0114. The molecule has 0 bridgehead atoms. The summed E-state index contributed by atoms with van der Waals surface area (Å²) in [5.74, 6) is 0. The predicted octanol–water partition coefficient (Wildman–Crippen LogP) is 4.32. The molecular formula is C20H20N2O. The van der Waals surface area contributed by atoms with Gasteiger partial charge < -0.3 is 14.2 Å². The van der Waals surface area contributed by atoms with Crippen LogP contribution in [-0.4, -0.2) is 17.7 Å². The summed E-state index contributed by atoms with van der Waals surface area (Å²) < 4.78 is 8.17. The molecule has 1 aliphatic rings. The van der Waals surface area contributed by atoms with Crippen molar-refractivity contribution >= 4 is 5.69 Å². The van der Waals surface area contributed by atoms with Gasteiger partial charge in [0.25, 0.3) is 0 Å². The zero-order valence-electron chi connectivity index (χ0n) is 13.2. The molecule has 23 heavy (non-hydrogen) atoms. The summed E-state index contributed by atoms with van der Waals surface area (Å²) in [5.41, 5.74) is 4.87. The first-order valence-electron chi connectivity index (χ1n) is 8.00. The minimum atomic E-state index is -0.0114. The number of anilines is 1. The molecule has 4 rings (SSSR count). The van der Waals surface area contributed by atoms with E-state index in [1.807, 2.05) is 6.07 Å². The Morgan fingerprint density at radius 3 is 2.57 bits per heavy atom. The Morgan fingerprint density at radius 2 is 1.74 bits per heavy atom. The van der Waals surface area contributed by atoms with Crippen molar-refractivity contribution in [2.45, 2.75) is 13.2 Å². The molecule has 0 radical (unpaired) electrons. The molecule has 0 amide bonds. The van der Waals surface area contributed by atoms with Crippen LogP contribution < -0.4 is 4.90 Å². The van der Waals surface area contributed by atoms with E-state index in [2.05, 4.69) is 83.4 Å². The Labute approximate surface area is 136 Å². The molecule has 1 aliphatic heterocycles. The van der Waals surface area contributed by atoms with Gasteiger partial charge in [0.1, 0.15) is 0 Å². The molecule has 1 fully saturated rings. The summed E-state index contributed by atoms with van der Waals surface area (Å²) in [7, 11) is 0. The number of ether oxygens (including phenoxy) is 1. The Bertz CT molecular complexity index is 794. The van der Waals surface area contributed by atoms with Crippen molar-refractivity contribution in [1.29, 1.82) is 0 Å². The highest BCUT2D eigenvalue weighted by molar-refractivity contribution is 5.49. The van der Waals surface area contributed by atoms with Gasteiger partial charge in [0.05, 0.1) is 6.61 Å². The number of aryl methyl sites for hydroxylation is 1. The molecule has 3 heteroatoms. The maximum absolute atomic E-state index is 6.00. The fraction of sp³-hybridized carbons (Fsp3) is 0.200. The molecule has 1 aromatic heterocycles. The topological polar surface area (TPSA) is 17.4 Å². The van der Waals surface area contributed by atoms with Crippen LogP contribution in [0.15, 0.2) is 73.1 Å². The van der Waals surface area contributed by atoms with Crippen molar-refractivity contribution in [3.05, 3.63) is 84.2 Å². The molecule has 3 nitrogen and oxygen atoms in total. The van der Waals surface area contributed by atoms with Crippen LogP contribution in [0.25, 0.3) is 5.69 Å². The first-order valence-corrected chi connectivity index (χ1v) is 8.00. The predicted molar refractivity (Wildman–Crippen MR) is 93.0 cm³/mol. The van der Waals surface area contributed by atoms with Crippen LogP contribution >= 0.6 is 0 Å². The fourth-order valence-corrected chi connectivity index (χ4v) is 3.19. The lowest BCUT2D eigenvalue weighted by Crippen LogP contribution is -2.22. The van der Waals surface area contributed by atoms with E-state index < -0.39 is 0 Å². The number of nitrogens with zero attached hydrogens (tertiary/aromatic N) is 2. The van der Waals surface area contributed by atoms with E-state index in [4.69, 9.17) is 4.74 Å². The van der Waals surface area contributed by atoms with Crippen LogP contribution in [0.2, 0.25) is 0 Å². The van der Waals surface area contributed by atoms with E-state index >= 15 is 0 Å². The van der Waals surface area contributed by atoms with Gasteiger partial charge in [-0.1, -0.05) is 36.4 Å². The number of benzene rings is 2. The molecular weight excluding hydrogens is 284 g/mol. The summed E-state index contributed by atoms with van der Waals surface area (Å²) in [6.07, 6.45) is 4.28.